The van der Waals surface area contributed by atoms with Crippen LogP contribution in [0.5, 0.6) is 0 Å². The molecule has 0 aromatic heterocycles. The van der Waals surface area contributed by atoms with Crippen LogP contribution in [0.4, 0.5) is 0 Å². The van der Waals surface area contributed by atoms with E-state index in [-0.39, 0.29) is 32.1 Å². The molecule has 0 aliphatic rings. The van der Waals surface area contributed by atoms with E-state index >= 15 is 0 Å². The van der Waals surface area contributed by atoms with Gasteiger partial charge in [-0.3, -0.25) is 48.9 Å². The Bertz CT molecular complexity index is 841. The maximum atomic E-state index is 11.0. The number of nitrogens with two attached hydrogens (primary N) is 1. The SMILES string of the molecule is NNC(=O)c1ccccc1.O=C(O)CN(CCN(CC(=O)O)CC(=O)O)CCN(CC(=O)O)CC(=O)O. The Labute approximate surface area is 211 Å². The summed E-state index contributed by atoms with van der Waals surface area (Å²) in [5, 5.41) is 44.1. The highest BCUT2D eigenvalue weighted by molar-refractivity contribution is 5.93. The van der Waals surface area contributed by atoms with Gasteiger partial charge in [-0.05, 0) is 12.1 Å². The van der Waals surface area contributed by atoms with Gasteiger partial charge in [0.2, 0.25) is 0 Å². The zero-order valence-corrected chi connectivity index (χ0v) is 19.9. The normalized spacial score (nSPS) is 10.5. The van der Waals surface area contributed by atoms with E-state index in [0.29, 0.717) is 5.56 Å². The summed E-state index contributed by atoms with van der Waals surface area (Å²) in [6, 6.07) is 8.80. The highest BCUT2D eigenvalue weighted by atomic mass is 16.4. The molecule has 0 bridgehead atoms. The van der Waals surface area contributed by atoms with Gasteiger partial charge in [-0.1, -0.05) is 18.2 Å². The molecule has 0 radical (unpaired) electrons. The number of nitrogens with zero attached hydrogens (tertiary/aromatic N) is 3. The number of amides is 1. The number of carbonyl (C=O) groups excluding carboxylic acids is 1. The Hall–Kier alpha value is -4.12. The van der Waals surface area contributed by atoms with Crippen molar-refractivity contribution in [2.24, 2.45) is 5.84 Å². The van der Waals surface area contributed by atoms with Crippen molar-refractivity contribution in [2.45, 2.75) is 0 Å². The standard InChI is InChI=1S/C14H23N3O10.C7H8N2O/c18-10(19)5-15(1-3-16(6-11(20)21)7-12(22)23)2-4-17(8-13(24)25)9-14(26)27;8-9-7(10)6-4-2-1-3-5-6/h1-9H2,(H,18,19)(H,20,21)(H,22,23)(H,24,25)(H,26,27);1-5H,8H2,(H,9,10). The van der Waals surface area contributed by atoms with Gasteiger partial charge in [0, 0.05) is 31.7 Å². The first-order chi connectivity index (χ1) is 17.3. The quantitative estimate of drug-likeness (QED) is 0.0631. The summed E-state index contributed by atoms with van der Waals surface area (Å²) in [6.07, 6.45) is 0. The van der Waals surface area contributed by atoms with E-state index in [0.717, 1.165) is 9.80 Å². The summed E-state index contributed by atoms with van der Waals surface area (Å²) in [6.45, 7) is -2.74. The van der Waals surface area contributed by atoms with Gasteiger partial charge in [-0.25, -0.2) is 5.84 Å². The lowest BCUT2D eigenvalue weighted by atomic mass is 10.2. The fourth-order valence-electron chi connectivity index (χ4n) is 2.89. The monoisotopic (exact) mass is 529 g/mol. The second kappa shape index (κ2) is 18.2. The van der Waals surface area contributed by atoms with Crippen LogP contribution in [-0.4, -0.2) is 135 Å². The molecule has 0 fully saturated rings. The van der Waals surface area contributed by atoms with E-state index in [4.69, 9.17) is 31.4 Å². The van der Waals surface area contributed by atoms with Crippen molar-refractivity contribution in [2.75, 3.05) is 58.9 Å². The molecule has 0 aliphatic carbocycles. The minimum Gasteiger partial charge on any atom is -0.480 e. The van der Waals surface area contributed by atoms with Gasteiger partial charge in [0.15, 0.2) is 0 Å². The van der Waals surface area contributed by atoms with Crippen LogP contribution >= 0.6 is 0 Å². The van der Waals surface area contributed by atoms with Crippen LogP contribution in [0, 0.1) is 0 Å². The van der Waals surface area contributed by atoms with Crippen LogP contribution in [0.3, 0.4) is 0 Å². The first-order valence-electron chi connectivity index (χ1n) is 10.7. The fourth-order valence-corrected chi connectivity index (χ4v) is 2.89. The van der Waals surface area contributed by atoms with Gasteiger partial charge in [0.05, 0.1) is 32.7 Å². The summed E-state index contributed by atoms with van der Waals surface area (Å²) >= 11 is 0. The van der Waals surface area contributed by atoms with E-state index < -0.39 is 62.6 Å². The molecule has 0 saturated heterocycles. The molecule has 0 aliphatic heterocycles. The van der Waals surface area contributed by atoms with Crippen LogP contribution in [-0.2, 0) is 24.0 Å². The van der Waals surface area contributed by atoms with Gasteiger partial charge in [-0.15, -0.1) is 0 Å². The number of carbonyl (C=O) groups is 6. The first kappa shape index (κ1) is 32.9. The average molecular weight is 530 g/mol. The molecule has 0 saturated carbocycles. The molecule has 37 heavy (non-hydrogen) atoms. The third-order valence-corrected chi connectivity index (χ3v) is 4.43. The number of nitrogen functional groups attached to an aromatic ring is 1. The predicted molar refractivity (Wildman–Crippen MR) is 126 cm³/mol. The van der Waals surface area contributed by atoms with Crippen LogP contribution in [0.25, 0.3) is 0 Å². The van der Waals surface area contributed by atoms with Gasteiger partial charge in [0.25, 0.3) is 5.91 Å². The largest absolute Gasteiger partial charge is 0.480 e. The predicted octanol–water partition coefficient (Wildman–Crippen LogP) is -2.39. The molecule has 1 amide bonds. The molecule has 1 aromatic rings. The number of rotatable bonds is 17. The Balaban J connectivity index is 0.00000107. The van der Waals surface area contributed by atoms with Crippen molar-refractivity contribution < 1.29 is 54.3 Å². The Morgan fingerprint density at radius 2 is 0.865 bits per heavy atom. The number of nitrogens with one attached hydrogen (secondary N) is 1. The van der Waals surface area contributed by atoms with E-state index in [1.807, 2.05) is 11.5 Å². The summed E-state index contributed by atoms with van der Waals surface area (Å²) in [5.74, 6) is -1.51. The molecule has 0 heterocycles. The lowest BCUT2D eigenvalue weighted by Crippen LogP contribution is -2.45. The van der Waals surface area contributed by atoms with Crippen molar-refractivity contribution in [1.82, 2.24) is 20.1 Å². The van der Waals surface area contributed by atoms with E-state index in [1.165, 1.54) is 4.90 Å². The molecule has 8 N–H and O–H groups in total. The van der Waals surface area contributed by atoms with Crippen molar-refractivity contribution in [3.63, 3.8) is 0 Å². The second-order valence-electron chi connectivity index (χ2n) is 7.51. The van der Waals surface area contributed by atoms with Gasteiger partial charge in [-0.2, -0.15) is 0 Å². The van der Waals surface area contributed by atoms with Crippen molar-refractivity contribution in [1.29, 1.82) is 0 Å². The maximum absolute atomic E-state index is 11.0. The summed E-state index contributed by atoms with van der Waals surface area (Å²) in [5.41, 5.74) is 2.62. The first-order valence-corrected chi connectivity index (χ1v) is 10.7. The summed E-state index contributed by atoms with van der Waals surface area (Å²) < 4.78 is 0. The molecule has 16 heteroatoms. The number of hydrogen-bond acceptors (Lipinski definition) is 10. The molecule has 0 atom stereocenters. The molecule has 0 unspecified atom stereocenters. The van der Waals surface area contributed by atoms with Gasteiger partial charge >= 0.3 is 29.8 Å². The van der Waals surface area contributed by atoms with Crippen LogP contribution in [0.1, 0.15) is 10.4 Å². The number of carboxylic acid groups (broad SMARTS) is 5. The van der Waals surface area contributed by atoms with E-state index in [9.17, 15) is 28.8 Å². The molecular weight excluding hydrogens is 498 g/mol. The van der Waals surface area contributed by atoms with Crippen molar-refractivity contribution >= 4 is 35.8 Å². The fraction of sp³-hybridized carbons (Fsp3) is 0.429. The zero-order chi connectivity index (χ0) is 28.4. The molecular formula is C21H31N5O11. The smallest absolute Gasteiger partial charge is 0.317 e. The third kappa shape index (κ3) is 17.9. The number of hydrogen-bond donors (Lipinski definition) is 7. The average Bonchev–Trinajstić information content (AvgIpc) is 2.79. The number of hydrazine groups is 1. The lowest BCUT2D eigenvalue weighted by Gasteiger charge is -2.27. The van der Waals surface area contributed by atoms with Crippen molar-refractivity contribution in [3.05, 3.63) is 35.9 Å². The number of benzene rings is 1. The summed E-state index contributed by atoms with van der Waals surface area (Å²) in [4.78, 5) is 68.4. The number of carboxylic acids is 5. The number of aliphatic carboxylic acids is 5. The third-order valence-electron chi connectivity index (χ3n) is 4.43. The highest BCUT2D eigenvalue weighted by Crippen LogP contribution is 1.98. The summed E-state index contributed by atoms with van der Waals surface area (Å²) in [7, 11) is 0. The highest BCUT2D eigenvalue weighted by Gasteiger charge is 2.19. The zero-order valence-electron chi connectivity index (χ0n) is 19.9. The van der Waals surface area contributed by atoms with E-state index in [1.54, 1.807) is 24.3 Å². The molecule has 0 spiro atoms. The van der Waals surface area contributed by atoms with Gasteiger partial charge in [0.1, 0.15) is 0 Å². The van der Waals surface area contributed by atoms with Crippen LogP contribution in [0.15, 0.2) is 30.3 Å². The topological polar surface area (TPSA) is 251 Å². The molecule has 1 aromatic carbocycles. The maximum Gasteiger partial charge on any atom is 0.317 e. The minimum atomic E-state index is -1.24. The Morgan fingerprint density at radius 3 is 1.16 bits per heavy atom. The Kier molecular flexibility index (Phi) is 16.2. The van der Waals surface area contributed by atoms with Crippen LogP contribution < -0.4 is 11.3 Å². The van der Waals surface area contributed by atoms with Gasteiger partial charge < -0.3 is 25.5 Å². The molecule has 1 rings (SSSR count). The molecule has 16 nitrogen and oxygen atoms in total. The van der Waals surface area contributed by atoms with Crippen molar-refractivity contribution in [3.8, 4) is 0 Å². The van der Waals surface area contributed by atoms with E-state index in [2.05, 4.69) is 0 Å². The minimum absolute atomic E-state index is 0.000836. The lowest BCUT2D eigenvalue weighted by molar-refractivity contribution is -0.143. The second-order valence-corrected chi connectivity index (χ2v) is 7.51. The molecule has 206 valence electrons. The van der Waals surface area contributed by atoms with Crippen LogP contribution in [0.2, 0.25) is 0 Å². The Morgan fingerprint density at radius 1 is 0.568 bits per heavy atom.